The van der Waals surface area contributed by atoms with Gasteiger partial charge in [0.25, 0.3) is 0 Å². The summed E-state index contributed by atoms with van der Waals surface area (Å²) in [4.78, 5) is 0. The van der Waals surface area contributed by atoms with Gasteiger partial charge in [-0.1, -0.05) is 69.0 Å². The summed E-state index contributed by atoms with van der Waals surface area (Å²) >= 11 is 0. The molecule has 1 aliphatic carbocycles. The van der Waals surface area contributed by atoms with Crippen LogP contribution in [-0.4, -0.2) is 6.54 Å². The van der Waals surface area contributed by atoms with E-state index in [9.17, 15) is 0 Å². The summed E-state index contributed by atoms with van der Waals surface area (Å²) in [6.07, 6.45) is 13.4. The van der Waals surface area contributed by atoms with Gasteiger partial charge in [0.2, 0.25) is 0 Å². The molecule has 1 nitrogen and oxygen atoms in total. The summed E-state index contributed by atoms with van der Waals surface area (Å²) in [6.45, 7) is 3.00. The summed E-state index contributed by atoms with van der Waals surface area (Å²) < 4.78 is 0. The Kier molecular flexibility index (Phi) is 5.21. The van der Waals surface area contributed by atoms with Crippen molar-refractivity contribution < 1.29 is 0 Å². The van der Waals surface area contributed by atoms with Crippen molar-refractivity contribution in [3.8, 4) is 0 Å². The number of nitrogens with two attached hydrogens (primary N) is 1. The molecule has 1 heteroatoms. The maximum Gasteiger partial charge on any atom is 0.00755 e. The van der Waals surface area contributed by atoms with Crippen LogP contribution in [0.25, 0.3) is 6.08 Å². The molecular weight excluding hydrogens is 230 g/mol. The number of benzene rings is 1. The SMILES string of the molecule is CCCC=Cc1ccc(C2(CN)CCCCC2)cc1. The molecule has 0 bridgehead atoms. The van der Waals surface area contributed by atoms with Crippen LogP contribution in [0.1, 0.15) is 63.0 Å². The molecule has 0 amide bonds. The highest BCUT2D eigenvalue weighted by molar-refractivity contribution is 5.50. The second kappa shape index (κ2) is 6.91. The van der Waals surface area contributed by atoms with E-state index in [1.807, 2.05) is 0 Å². The van der Waals surface area contributed by atoms with Gasteiger partial charge in [0, 0.05) is 12.0 Å². The fraction of sp³-hybridized carbons (Fsp3) is 0.556. The van der Waals surface area contributed by atoms with Gasteiger partial charge in [-0.05, 0) is 30.4 Å². The number of allylic oxidation sites excluding steroid dienone is 1. The zero-order chi connectivity index (χ0) is 13.6. The van der Waals surface area contributed by atoms with Gasteiger partial charge >= 0.3 is 0 Å². The lowest BCUT2D eigenvalue weighted by Gasteiger charge is -2.36. The second-order valence-corrected chi connectivity index (χ2v) is 5.86. The van der Waals surface area contributed by atoms with E-state index in [4.69, 9.17) is 5.73 Å². The quantitative estimate of drug-likeness (QED) is 0.815. The lowest BCUT2D eigenvalue weighted by atomic mass is 9.69. The topological polar surface area (TPSA) is 26.0 Å². The third-order valence-electron chi connectivity index (χ3n) is 4.49. The summed E-state index contributed by atoms with van der Waals surface area (Å²) in [5.41, 5.74) is 9.10. The first-order valence-electron chi connectivity index (χ1n) is 7.78. The number of hydrogen-bond acceptors (Lipinski definition) is 1. The summed E-state index contributed by atoms with van der Waals surface area (Å²) in [7, 11) is 0. The highest BCUT2D eigenvalue weighted by Gasteiger charge is 2.32. The van der Waals surface area contributed by atoms with Crippen molar-refractivity contribution in [3.05, 3.63) is 41.5 Å². The maximum atomic E-state index is 6.09. The van der Waals surface area contributed by atoms with Crippen LogP contribution in [0.3, 0.4) is 0 Å². The number of unbranched alkanes of at least 4 members (excludes halogenated alkanes) is 1. The van der Waals surface area contributed by atoms with E-state index in [-0.39, 0.29) is 5.41 Å². The van der Waals surface area contributed by atoms with Crippen molar-refractivity contribution in [2.45, 2.75) is 57.3 Å². The van der Waals surface area contributed by atoms with Crippen LogP contribution in [0.15, 0.2) is 30.3 Å². The lowest BCUT2D eigenvalue weighted by molar-refractivity contribution is 0.301. The third-order valence-corrected chi connectivity index (χ3v) is 4.49. The second-order valence-electron chi connectivity index (χ2n) is 5.86. The van der Waals surface area contributed by atoms with E-state index in [2.05, 4.69) is 43.3 Å². The van der Waals surface area contributed by atoms with Gasteiger partial charge in [-0.25, -0.2) is 0 Å². The van der Waals surface area contributed by atoms with Gasteiger partial charge in [0.15, 0.2) is 0 Å². The molecule has 0 heterocycles. The van der Waals surface area contributed by atoms with Crippen molar-refractivity contribution in [1.29, 1.82) is 0 Å². The molecule has 0 saturated heterocycles. The zero-order valence-corrected chi connectivity index (χ0v) is 12.2. The molecule has 2 rings (SSSR count). The number of hydrogen-bond donors (Lipinski definition) is 1. The van der Waals surface area contributed by atoms with Crippen LogP contribution in [0, 0.1) is 0 Å². The van der Waals surface area contributed by atoms with Crippen LogP contribution in [0.4, 0.5) is 0 Å². The highest BCUT2D eigenvalue weighted by Crippen LogP contribution is 2.38. The molecule has 2 N–H and O–H groups in total. The van der Waals surface area contributed by atoms with Crippen LogP contribution >= 0.6 is 0 Å². The summed E-state index contributed by atoms with van der Waals surface area (Å²) in [5.74, 6) is 0. The van der Waals surface area contributed by atoms with Gasteiger partial charge in [-0.3, -0.25) is 0 Å². The van der Waals surface area contributed by atoms with E-state index in [0.29, 0.717) is 0 Å². The zero-order valence-electron chi connectivity index (χ0n) is 12.2. The molecule has 1 saturated carbocycles. The average molecular weight is 257 g/mol. The smallest absolute Gasteiger partial charge is 0.00755 e. The van der Waals surface area contributed by atoms with Crippen molar-refractivity contribution in [2.24, 2.45) is 5.73 Å². The molecule has 0 aromatic heterocycles. The van der Waals surface area contributed by atoms with Crippen LogP contribution in [0.5, 0.6) is 0 Å². The average Bonchev–Trinajstić information content (AvgIpc) is 2.49. The Morgan fingerprint density at radius 2 is 1.79 bits per heavy atom. The Hall–Kier alpha value is -1.08. The van der Waals surface area contributed by atoms with Crippen LogP contribution in [-0.2, 0) is 5.41 Å². The maximum absolute atomic E-state index is 6.09. The molecule has 19 heavy (non-hydrogen) atoms. The lowest BCUT2D eigenvalue weighted by Crippen LogP contribution is -2.37. The molecule has 0 aliphatic heterocycles. The minimum atomic E-state index is 0.254. The highest BCUT2D eigenvalue weighted by atomic mass is 14.6. The summed E-state index contributed by atoms with van der Waals surface area (Å²) in [5, 5.41) is 0. The van der Waals surface area contributed by atoms with Gasteiger partial charge in [0.1, 0.15) is 0 Å². The predicted octanol–water partition coefficient (Wildman–Crippen LogP) is 4.66. The molecule has 1 aromatic rings. The number of rotatable bonds is 5. The van der Waals surface area contributed by atoms with E-state index >= 15 is 0 Å². The van der Waals surface area contributed by atoms with Gasteiger partial charge < -0.3 is 5.73 Å². The minimum absolute atomic E-state index is 0.254. The molecule has 0 atom stereocenters. The van der Waals surface area contributed by atoms with Crippen molar-refractivity contribution in [1.82, 2.24) is 0 Å². The first-order valence-corrected chi connectivity index (χ1v) is 7.78. The van der Waals surface area contributed by atoms with Crippen molar-refractivity contribution >= 4 is 6.08 Å². The largest absolute Gasteiger partial charge is 0.330 e. The molecule has 0 radical (unpaired) electrons. The minimum Gasteiger partial charge on any atom is -0.330 e. The Morgan fingerprint density at radius 1 is 1.11 bits per heavy atom. The molecule has 1 aliphatic rings. The third kappa shape index (κ3) is 3.48. The van der Waals surface area contributed by atoms with Crippen LogP contribution < -0.4 is 5.73 Å². The first-order chi connectivity index (χ1) is 9.30. The van der Waals surface area contributed by atoms with Gasteiger partial charge in [-0.2, -0.15) is 0 Å². The first kappa shape index (κ1) is 14.3. The van der Waals surface area contributed by atoms with Gasteiger partial charge in [0.05, 0.1) is 0 Å². The molecule has 0 spiro atoms. The fourth-order valence-electron chi connectivity index (χ4n) is 3.17. The van der Waals surface area contributed by atoms with E-state index in [0.717, 1.165) is 13.0 Å². The predicted molar refractivity (Wildman–Crippen MR) is 84.2 cm³/mol. The van der Waals surface area contributed by atoms with E-state index in [1.165, 1.54) is 49.7 Å². The fourth-order valence-corrected chi connectivity index (χ4v) is 3.17. The monoisotopic (exact) mass is 257 g/mol. The molecular formula is C18H27N. The summed E-state index contributed by atoms with van der Waals surface area (Å²) in [6, 6.07) is 9.08. The Morgan fingerprint density at radius 3 is 2.37 bits per heavy atom. The molecule has 1 fully saturated rings. The van der Waals surface area contributed by atoms with E-state index in [1.54, 1.807) is 0 Å². The standard InChI is InChI=1S/C18H27N/c1-2-3-5-8-16-9-11-17(12-10-16)18(15-19)13-6-4-7-14-18/h5,8-12H,2-4,6-7,13-15,19H2,1H3. The van der Waals surface area contributed by atoms with E-state index < -0.39 is 0 Å². The Labute approximate surface area is 117 Å². The molecule has 104 valence electrons. The van der Waals surface area contributed by atoms with Gasteiger partial charge in [-0.15, -0.1) is 0 Å². The molecule has 1 aromatic carbocycles. The van der Waals surface area contributed by atoms with Crippen LogP contribution in [0.2, 0.25) is 0 Å². The van der Waals surface area contributed by atoms with Crippen molar-refractivity contribution in [3.63, 3.8) is 0 Å². The van der Waals surface area contributed by atoms with Crippen molar-refractivity contribution in [2.75, 3.05) is 6.54 Å². The molecule has 0 unspecified atom stereocenters. The Bertz CT molecular complexity index is 396. The Balaban J connectivity index is 2.12. The normalized spacial score (nSPS) is 18.8.